The van der Waals surface area contributed by atoms with Crippen LogP contribution in [0.3, 0.4) is 0 Å². The summed E-state index contributed by atoms with van der Waals surface area (Å²) >= 11 is 0. The topological polar surface area (TPSA) is 66.8 Å². The van der Waals surface area contributed by atoms with Gasteiger partial charge >= 0.3 is 12.1 Å². The average Bonchev–Trinajstić information content (AvgIpc) is 2.53. The monoisotopic (exact) mass is 333 g/mol. The van der Waals surface area contributed by atoms with E-state index >= 15 is 0 Å². The second kappa shape index (κ2) is 8.18. The van der Waals surface area contributed by atoms with Gasteiger partial charge in [0.05, 0.1) is 12.0 Å². The normalized spacial score (nSPS) is 20.7. The fourth-order valence-electron chi connectivity index (χ4n) is 3.13. The molecule has 0 aromatic heterocycles. The molecule has 5 heteroatoms. The largest absolute Gasteiger partial charge is 0.481 e. The summed E-state index contributed by atoms with van der Waals surface area (Å²) in [6.45, 7) is 6.25. The van der Waals surface area contributed by atoms with Crippen molar-refractivity contribution in [3.05, 3.63) is 29.8 Å². The number of carboxylic acid groups (broad SMARTS) is 1. The highest BCUT2D eigenvalue weighted by atomic mass is 16.6. The second-order valence-electron chi connectivity index (χ2n) is 6.93. The molecule has 1 aromatic carbocycles. The van der Waals surface area contributed by atoms with E-state index in [1.807, 2.05) is 45.0 Å². The number of hydrogen-bond donors (Lipinski definition) is 1. The first-order chi connectivity index (χ1) is 11.4. The predicted molar refractivity (Wildman–Crippen MR) is 93.2 cm³/mol. The van der Waals surface area contributed by atoms with E-state index in [1.54, 1.807) is 4.90 Å². The van der Waals surface area contributed by atoms with Crippen molar-refractivity contribution in [3.63, 3.8) is 0 Å². The summed E-state index contributed by atoms with van der Waals surface area (Å²) < 4.78 is 5.39. The predicted octanol–water partition coefficient (Wildman–Crippen LogP) is 4.24. The lowest BCUT2D eigenvalue weighted by atomic mass is 9.82. The molecule has 2 rings (SSSR count). The van der Waals surface area contributed by atoms with Crippen LogP contribution < -0.4 is 4.90 Å². The Morgan fingerprint density at radius 1 is 1.17 bits per heavy atom. The molecule has 0 heterocycles. The molecule has 0 bridgehead atoms. The number of aryl methyl sites for hydroxylation is 1. The summed E-state index contributed by atoms with van der Waals surface area (Å²) in [4.78, 5) is 25.3. The Kier molecular flexibility index (Phi) is 6.23. The smallest absolute Gasteiger partial charge is 0.414 e. The van der Waals surface area contributed by atoms with E-state index in [0.29, 0.717) is 25.3 Å². The second-order valence-corrected chi connectivity index (χ2v) is 6.93. The highest BCUT2D eigenvalue weighted by molar-refractivity contribution is 5.87. The van der Waals surface area contributed by atoms with Crippen molar-refractivity contribution in [1.29, 1.82) is 0 Å². The van der Waals surface area contributed by atoms with E-state index in [0.717, 1.165) is 24.1 Å². The zero-order chi connectivity index (χ0) is 17.7. The molecule has 132 valence electrons. The van der Waals surface area contributed by atoms with E-state index in [2.05, 4.69) is 0 Å². The van der Waals surface area contributed by atoms with Gasteiger partial charge in [-0.1, -0.05) is 17.7 Å². The van der Waals surface area contributed by atoms with Gasteiger partial charge in [-0.15, -0.1) is 0 Å². The Hall–Kier alpha value is -2.04. The molecular weight excluding hydrogens is 306 g/mol. The number of carbonyl (C=O) groups is 2. The van der Waals surface area contributed by atoms with E-state index in [9.17, 15) is 9.59 Å². The molecule has 1 N–H and O–H groups in total. The average molecular weight is 333 g/mol. The third kappa shape index (κ3) is 4.98. The fourth-order valence-corrected chi connectivity index (χ4v) is 3.13. The van der Waals surface area contributed by atoms with Crippen molar-refractivity contribution < 1.29 is 19.4 Å². The maximum Gasteiger partial charge on any atom is 0.414 e. The van der Waals surface area contributed by atoms with Crippen molar-refractivity contribution in [2.24, 2.45) is 11.8 Å². The van der Waals surface area contributed by atoms with Gasteiger partial charge in [0.2, 0.25) is 0 Å². The Morgan fingerprint density at radius 3 is 2.25 bits per heavy atom. The third-order valence-corrected chi connectivity index (χ3v) is 4.54. The maximum atomic E-state index is 12.5. The minimum atomic E-state index is -0.706. The van der Waals surface area contributed by atoms with Gasteiger partial charge in [-0.25, -0.2) is 4.79 Å². The summed E-state index contributed by atoms with van der Waals surface area (Å²) in [5, 5.41) is 9.11. The van der Waals surface area contributed by atoms with Gasteiger partial charge in [0.25, 0.3) is 0 Å². The van der Waals surface area contributed by atoms with Gasteiger partial charge in [0.15, 0.2) is 0 Å². The summed E-state index contributed by atoms with van der Waals surface area (Å²) in [5.41, 5.74) is 1.96. The van der Waals surface area contributed by atoms with Crippen LogP contribution in [0.1, 0.15) is 45.1 Å². The van der Waals surface area contributed by atoms with E-state index < -0.39 is 5.97 Å². The Morgan fingerprint density at radius 2 is 1.75 bits per heavy atom. The van der Waals surface area contributed by atoms with Crippen LogP contribution in [0.15, 0.2) is 24.3 Å². The lowest BCUT2D eigenvalue weighted by Crippen LogP contribution is -2.38. The molecule has 1 fully saturated rings. The third-order valence-electron chi connectivity index (χ3n) is 4.54. The van der Waals surface area contributed by atoms with Gasteiger partial charge in [-0.3, -0.25) is 9.69 Å². The summed E-state index contributed by atoms with van der Waals surface area (Å²) in [6.07, 6.45) is 2.51. The SMILES string of the molecule is Cc1ccc(N(C[C@H]2CC[C@H](C(=O)O)CC2)C(=O)OC(C)C)cc1. The molecule has 0 atom stereocenters. The van der Waals surface area contributed by atoms with Gasteiger partial charge in [0, 0.05) is 12.2 Å². The van der Waals surface area contributed by atoms with Crippen molar-refractivity contribution in [2.75, 3.05) is 11.4 Å². The zero-order valence-electron chi connectivity index (χ0n) is 14.7. The number of amides is 1. The number of ether oxygens (including phenoxy) is 1. The van der Waals surface area contributed by atoms with E-state index in [4.69, 9.17) is 9.84 Å². The van der Waals surface area contributed by atoms with Gasteiger partial charge < -0.3 is 9.84 Å². The van der Waals surface area contributed by atoms with Crippen LogP contribution in [0.4, 0.5) is 10.5 Å². The van der Waals surface area contributed by atoms with Crippen LogP contribution in [0, 0.1) is 18.8 Å². The van der Waals surface area contributed by atoms with Gasteiger partial charge in [0.1, 0.15) is 0 Å². The van der Waals surface area contributed by atoms with Crippen molar-refractivity contribution >= 4 is 17.7 Å². The number of hydrogen-bond acceptors (Lipinski definition) is 3. The number of anilines is 1. The van der Waals surface area contributed by atoms with Crippen LogP contribution in [0.5, 0.6) is 0 Å². The maximum absolute atomic E-state index is 12.5. The van der Waals surface area contributed by atoms with Crippen molar-refractivity contribution in [3.8, 4) is 0 Å². The summed E-state index contributed by atoms with van der Waals surface area (Å²) in [6, 6.07) is 7.82. The highest BCUT2D eigenvalue weighted by Crippen LogP contribution is 2.31. The lowest BCUT2D eigenvalue weighted by Gasteiger charge is -2.31. The minimum Gasteiger partial charge on any atom is -0.481 e. The number of carboxylic acids is 1. The molecule has 1 saturated carbocycles. The minimum absolute atomic E-state index is 0.173. The number of benzene rings is 1. The van der Waals surface area contributed by atoms with Gasteiger partial charge in [-0.2, -0.15) is 0 Å². The Bertz CT molecular complexity index is 559. The first-order valence-electron chi connectivity index (χ1n) is 8.64. The first kappa shape index (κ1) is 18.3. The van der Waals surface area contributed by atoms with Crippen LogP contribution in [-0.2, 0) is 9.53 Å². The number of rotatable bonds is 5. The molecule has 1 aliphatic rings. The molecule has 0 radical (unpaired) electrons. The number of carbonyl (C=O) groups excluding carboxylic acids is 1. The van der Waals surface area contributed by atoms with E-state index in [-0.39, 0.29) is 18.1 Å². The van der Waals surface area contributed by atoms with Crippen LogP contribution in [-0.4, -0.2) is 29.8 Å². The highest BCUT2D eigenvalue weighted by Gasteiger charge is 2.29. The quantitative estimate of drug-likeness (QED) is 0.875. The molecule has 1 amide bonds. The fraction of sp³-hybridized carbons (Fsp3) is 0.579. The van der Waals surface area contributed by atoms with Crippen molar-refractivity contribution in [1.82, 2.24) is 0 Å². The van der Waals surface area contributed by atoms with Crippen LogP contribution in [0.25, 0.3) is 0 Å². The first-order valence-corrected chi connectivity index (χ1v) is 8.64. The molecule has 0 unspecified atom stereocenters. The zero-order valence-corrected chi connectivity index (χ0v) is 14.7. The standard InChI is InChI=1S/C19H27NO4/c1-13(2)24-19(23)20(17-10-4-14(3)5-11-17)12-15-6-8-16(9-7-15)18(21)22/h4-5,10-11,13,15-16H,6-9,12H2,1-3H3,(H,21,22)/t15-,16-. The van der Waals surface area contributed by atoms with Crippen LogP contribution in [0.2, 0.25) is 0 Å². The molecule has 1 aromatic rings. The summed E-state index contributed by atoms with van der Waals surface area (Å²) in [5.74, 6) is -0.638. The molecule has 5 nitrogen and oxygen atoms in total. The molecule has 1 aliphatic carbocycles. The molecular formula is C19H27NO4. The number of nitrogens with zero attached hydrogens (tertiary/aromatic N) is 1. The van der Waals surface area contributed by atoms with Gasteiger partial charge in [-0.05, 0) is 64.5 Å². The van der Waals surface area contributed by atoms with Crippen molar-refractivity contribution in [2.45, 2.75) is 52.6 Å². The Balaban J connectivity index is 2.07. The number of aliphatic carboxylic acids is 1. The summed E-state index contributed by atoms with van der Waals surface area (Å²) in [7, 11) is 0. The molecule has 0 saturated heterocycles. The van der Waals surface area contributed by atoms with E-state index in [1.165, 1.54) is 0 Å². The van der Waals surface area contributed by atoms with Crippen LogP contribution >= 0.6 is 0 Å². The molecule has 0 aliphatic heterocycles. The Labute approximate surface area is 143 Å². The lowest BCUT2D eigenvalue weighted by molar-refractivity contribution is -0.143. The molecule has 0 spiro atoms. The molecule has 24 heavy (non-hydrogen) atoms.